The molecule has 1 N–H and O–H groups in total. The van der Waals surface area contributed by atoms with Crippen molar-refractivity contribution >= 4 is 16.9 Å². The fourth-order valence-electron chi connectivity index (χ4n) is 1.65. The van der Waals surface area contributed by atoms with Crippen molar-refractivity contribution in [1.29, 1.82) is 0 Å². The van der Waals surface area contributed by atoms with Gasteiger partial charge in [-0.3, -0.25) is 0 Å². The largest absolute Gasteiger partial charge is 0.478 e. The predicted molar refractivity (Wildman–Crippen MR) is 59.5 cm³/mol. The molecule has 0 aliphatic carbocycles. The standard InChI is InChI=1S/C12H13NO3/c1-7(2)5-11-9-4-3-8(12(14)15)6-10(9)13-16-11/h3-4,6-7H,5H2,1-2H3,(H,14,15). The van der Waals surface area contributed by atoms with Crippen LogP contribution in [0.3, 0.4) is 0 Å². The molecule has 1 aromatic heterocycles. The van der Waals surface area contributed by atoms with E-state index in [4.69, 9.17) is 9.63 Å². The van der Waals surface area contributed by atoms with Crippen molar-refractivity contribution < 1.29 is 14.4 Å². The van der Waals surface area contributed by atoms with Crippen LogP contribution < -0.4 is 0 Å². The zero-order valence-corrected chi connectivity index (χ0v) is 9.23. The molecule has 84 valence electrons. The molecule has 4 nitrogen and oxygen atoms in total. The van der Waals surface area contributed by atoms with E-state index in [1.807, 2.05) is 0 Å². The van der Waals surface area contributed by atoms with Gasteiger partial charge in [0.15, 0.2) is 0 Å². The molecule has 0 unspecified atom stereocenters. The van der Waals surface area contributed by atoms with Gasteiger partial charge in [-0.2, -0.15) is 0 Å². The van der Waals surface area contributed by atoms with Gasteiger partial charge in [0.1, 0.15) is 11.3 Å². The van der Waals surface area contributed by atoms with E-state index in [9.17, 15) is 4.79 Å². The van der Waals surface area contributed by atoms with Crippen LogP contribution in [0.25, 0.3) is 10.9 Å². The Balaban J connectivity index is 2.46. The summed E-state index contributed by atoms with van der Waals surface area (Å²) in [5.41, 5.74) is 0.840. The molecule has 2 rings (SSSR count). The van der Waals surface area contributed by atoms with Crippen LogP contribution in [0.4, 0.5) is 0 Å². The highest BCUT2D eigenvalue weighted by Crippen LogP contribution is 2.22. The summed E-state index contributed by atoms with van der Waals surface area (Å²) in [6.07, 6.45) is 0.808. The highest BCUT2D eigenvalue weighted by Gasteiger charge is 2.12. The molecule has 0 bridgehead atoms. The molecule has 16 heavy (non-hydrogen) atoms. The molecular formula is C12H13NO3. The van der Waals surface area contributed by atoms with Crippen LogP contribution in [0, 0.1) is 5.92 Å². The molecule has 0 fully saturated rings. The van der Waals surface area contributed by atoms with Gasteiger partial charge in [0, 0.05) is 11.8 Å². The van der Waals surface area contributed by atoms with Crippen LogP contribution in [0.2, 0.25) is 0 Å². The average molecular weight is 219 g/mol. The summed E-state index contributed by atoms with van der Waals surface area (Å²) in [6, 6.07) is 4.86. The summed E-state index contributed by atoms with van der Waals surface area (Å²) < 4.78 is 5.22. The maximum absolute atomic E-state index is 10.8. The van der Waals surface area contributed by atoms with E-state index in [1.165, 1.54) is 6.07 Å². The lowest BCUT2D eigenvalue weighted by molar-refractivity contribution is 0.0697. The molecule has 0 aliphatic rings. The van der Waals surface area contributed by atoms with Gasteiger partial charge in [-0.1, -0.05) is 19.0 Å². The first kappa shape index (κ1) is 10.7. The molecule has 0 amide bonds. The summed E-state index contributed by atoms with van der Waals surface area (Å²) >= 11 is 0. The topological polar surface area (TPSA) is 63.3 Å². The van der Waals surface area contributed by atoms with Crippen molar-refractivity contribution in [1.82, 2.24) is 5.16 Å². The smallest absolute Gasteiger partial charge is 0.335 e. The molecule has 0 spiro atoms. The van der Waals surface area contributed by atoms with Crippen molar-refractivity contribution in [3.8, 4) is 0 Å². The van der Waals surface area contributed by atoms with Gasteiger partial charge in [0.25, 0.3) is 0 Å². The zero-order chi connectivity index (χ0) is 11.7. The molecule has 2 aromatic rings. The number of benzene rings is 1. The summed E-state index contributed by atoms with van der Waals surface area (Å²) in [5.74, 6) is 0.354. The zero-order valence-electron chi connectivity index (χ0n) is 9.23. The maximum Gasteiger partial charge on any atom is 0.335 e. The van der Waals surface area contributed by atoms with E-state index in [1.54, 1.807) is 12.1 Å². The second-order valence-electron chi connectivity index (χ2n) is 4.24. The minimum atomic E-state index is -0.949. The number of nitrogens with zero attached hydrogens (tertiary/aromatic N) is 1. The van der Waals surface area contributed by atoms with Crippen molar-refractivity contribution in [2.45, 2.75) is 20.3 Å². The number of aromatic nitrogens is 1. The number of rotatable bonds is 3. The SMILES string of the molecule is CC(C)Cc1onc2cc(C(=O)O)ccc12. The van der Waals surface area contributed by atoms with Crippen LogP contribution in [-0.4, -0.2) is 16.2 Å². The van der Waals surface area contributed by atoms with E-state index in [0.717, 1.165) is 17.6 Å². The lowest BCUT2D eigenvalue weighted by Gasteiger charge is -1.99. The third-order valence-electron chi connectivity index (χ3n) is 2.39. The highest BCUT2D eigenvalue weighted by molar-refractivity contribution is 5.93. The molecular weight excluding hydrogens is 206 g/mol. The van der Waals surface area contributed by atoms with Gasteiger partial charge < -0.3 is 9.63 Å². The molecule has 0 saturated carbocycles. The van der Waals surface area contributed by atoms with E-state index >= 15 is 0 Å². The molecule has 0 atom stereocenters. The quantitative estimate of drug-likeness (QED) is 0.862. The van der Waals surface area contributed by atoms with Gasteiger partial charge in [0.2, 0.25) is 0 Å². The van der Waals surface area contributed by atoms with Crippen LogP contribution in [0.1, 0.15) is 30.0 Å². The van der Waals surface area contributed by atoms with Crippen LogP contribution >= 0.6 is 0 Å². The molecule has 1 heterocycles. The van der Waals surface area contributed by atoms with Crippen LogP contribution in [-0.2, 0) is 6.42 Å². The monoisotopic (exact) mass is 219 g/mol. The lowest BCUT2D eigenvalue weighted by atomic mass is 10.0. The van der Waals surface area contributed by atoms with Crippen molar-refractivity contribution in [2.24, 2.45) is 5.92 Å². The van der Waals surface area contributed by atoms with Gasteiger partial charge in [-0.25, -0.2) is 4.79 Å². The Morgan fingerprint density at radius 2 is 2.25 bits per heavy atom. The van der Waals surface area contributed by atoms with E-state index < -0.39 is 5.97 Å². The van der Waals surface area contributed by atoms with Gasteiger partial charge in [0.05, 0.1) is 5.56 Å². The fourth-order valence-corrected chi connectivity index (χ4v) is 1.65. The number of hydrogen-bond acceptors (Lipinski definition) is 3. The Morgan fingerprint density at radius 3 is 2.88 bits per heavy atom. The lowest BCUT2D eigenvalue weighted by Crippen LogP contribution is -1.95. The van der Waals surface area contributed by atoms with Gasteiger partial charge >= 0.3 is 5.97 Å². The first-order chi connectivity index (χ1) is 7.58. The Kier molecular flexibility index (Phi) is 2.64. The number of carboxylic acid groups (broad SMARTS) is 1. The van der Waals surface area contributed by atoms with E-state index in [0.29, 0.717) is 11.4 Å². The minimum absolute atomic E-state index is 0.233. The van der Waals surface area contributed by atoms with Crippen molar-refractivity contribution in [2.75, 3.05) is 0 Å². The molecule has 1 aromatic carbocycles. The number of fused-ring (bicyclic) bond motifs is 1. The third kappa shape index (κ3) is 1.91. The fraction of sp³-hybridized carbons (Fsp3) is 0.333. The molecule has 0 aliphatic heterocycles. The van der Waals surface area contributed by atoms with Gasteiger partial charge in [-0.15, -0.1) is 0 Å². The van der Waals surface area contributed by atoms with Crippen molar-refractivity contribution in [3.05, 3.63) is 29.5 Å². The summed E-state index contributed by atoms with van der Waals surface area (Å²) in [7, 11) is 0. The Morgan fingerprint density at radius 1 is 1.50 bits per heavy atom. The number of hydrogen-bond donors (Lipinski definition) is 1. The summed E-state index contributed by atoms with van der Waals surface area (Å²) in [5, 5.41) is 13.6. The third-order valence-corrected chi connectivity index (χ3v) is 2.39. The summed E-state index contributed by atoms with van der Waals surface area (Å²) in [4.78, 5) is 10.8. The number of carbonyl (C=O) groups is 1. The maximum atomic E-state index is 10.8. The average Bonchev–Trinajstić information content (AvgIpc) is 2.60. The first-order valence-corrected chi connectivity index (χ1v) is 5.19. The Hall–Kier alpha value is -1.84. The van der Waals surface area contributed by atoms with Crippen molar-refractivity contribution in [3.63, 3.8) is 0 Å². The second-order valence-corrected chi connectivity index (χ2v) is 4.24. The Labute approximate surface area is 92.9 Å². The highest BCUT2D eigenvalue weighted by atomic mass is 16.5. The van der Waals surface area contributed by atoms with Crippen LogP contribution in [0.5, 0.6) is 0 Å². The Bertz CT molecular complexity index is 528. The number of carboxylic acids is 1. The van der Waals surface area contributed by atoms with E-state index in [-0.39, 0.29) is 5.56 Å². The van der Waals surface area contributed by atoms with Gasteiger partial charge in [-0.05, 0) is 24.1 Å². The molecule has 4 heteroatoms. The predicted octanol–water partition coefficient (Wildman–Crippen LogP) is 2.72. The first-order valence-electron chi connectivity index (χ1n) is 5.19. The minimum Gasteiger partial charge on any atom is -0.478 e. The van der Waals surface area contributed by atoms with Crippen LogP contribution in [0.15, 0.2) is 22.7 Å². The molecule has 0 saturated heterocycles. The normalized spacial score (nSPS) is 11.2. The number of aromatic carboxylic acids is 1. The van der Waals surface area contributed by atoms with E-state index in [2.05, 4.69) is 19.0 Å². The molecule has 0 radical (unpaired) electrons. The summed E-state index contributed by atoms with van der Waals surface area (Å²) in [6.45, 7) is 4.19. The second kappa shape index (κ2) is 3.96.